The average molecular weight is 470 g/mol. The molecule has 4 rings (SSSR count). The highest BCUT2D eigenvalue weighted by molar-refractivity contribution is 7.89. The standard InChI is InChI=1S/C19H14Cl2N4O2S.ClH/c20-17-13(7-8-16(18(17)21)28(23,26)27)11-3-1-10(2-4-11)12-5-6-14-15(9-12)24-25-19(14)22;/h1-9H,(H3,22,24,25)(H2,23,26,27);1H. The SMILES string of the molecule is Cl.Nc1n[nH]c2cc(-c3ccc(-c4ccc(S(N)(=O)=O)c(Cl)c4Cl)cc3)ccc12. The number of aromatic nitrogens is 2. The topological polar surface area (TPSA) is 115 Å². The minimum absolute atomic E-state index is 0. The molecule has 150 valence electrons. The van der Waals surface area contributed by atoms with Gasteiger partial charge in [0, 0.05) is 10.9 Å². The van der Waals surface area contributed by atoms with Gasteiger partial charge in [0.15, 0.2) is 5.82 Å². The monoisotopic (exact) mass is 468 g/mol. The lowest BCUT2D eigenvalue weighted by Crippen LogP contribution is -2.12. The quantitative estimate of drug-likeness (QED) is 0.397. The van der Waals surface area contributed by atoms with Gasteiger partial charge >= 0.3 is 0 Å². The van der Waals surface area contributed by atoms with Gasteiger partial charge in [0.1, 0.15) is 4.90 Å². The van der Waals surface area contributed by atoms with Gasteiger partial charge in [-0.15, -0.1) is 12.4 Å². The highest BCUT2D eigenvalue weighted by atomic mass is 35.5. The van der Waals surface area contributed by atoms with Crippen LogP contribution in [0.25, 0.3) is 33.2 Å². The Hall–Kier alpha value is -2.29. The number of nitrogens with zero attached hydrogens (tertiary/aromatic N) is 1. The molecular formula is C19H15Cl3N4O2S. The molecule has 10 heteroatoms. The maximum absolute atomic E-state index is 11.6. The van der Waals surface area contributed by atoms with E-state index in [2.05, 4.69) is 10.2 Å². The van der Waals surface area contributed by atoms with Gasteiger partial charge in [-0.25, -0.2) is 13.6 Å². The van der Waals surface area contributed by atoms with Crippen molar-refractivity contribution in [1.82, 2.24) is 10.2 Å². The zero-order valence-electron chi connectivity index (χ0n) is 14.7. The van der Waals surface area contributed by atoms with Crippen LogP contribution in [0.15, 0.2) is 59.5 Å². The van der Waals surface area contributed by atoms with Crippen molar-refractivity contribution in [1.29, 1.82) is 0 Å². The van der Waals surface area contributed by atoms with Gasteiger partial charge in [-0.05, 0) is 34.9 Å². The van der Waals surface area contributed by atoms with Crippen LogP contribution in [0.3, 0.4) is 0 Å². The van der Waals surface area contributed by atoms with Crippen molar-refractivity contribution in [3.63, 3.8) is 0 Å². The number of fused-ring (bicyclic) bond motifs is 1. The summed E-state index contributed by atoms with van der Waals surface area (Å²) in [5.41, 5.74) is 10.0. The van der Waals surface area contributed by atoms with Crippen LogP contribution in [0.2, 0.25) is 10.0 Å². The number of nitrogens with two attached hydrogens (primary N) is 2. The lowest BCUT2D eigenvalue weighted by molar-refractivity contribution is 0.598. The smallest absolute Gasteiger partial charge is 0.239 e. The molecule has 0 saturated heterocycles. The Balaban J connectivity index is 0.00000240. The van der Waals surface area contributed by atoms with E-state index in [0.29, 0.717) is 11.4 Å². The zero-order chi connectivity index (χ0) is 20.1. The lowest BCUT2D eigenvalue weighted by Gasteiger charge is -2.10. The van der Waals surface area contributed by atoms with Gasteiger partial charge in [-0.3, -0.25) is 5.10 Å². The van der Waals surface area contributed by atoms with E-state index < -0.39 is 10.0 Å². The third-order valence-corrected chi connectivity index (χ3v) is 6.42. The molecule has 0 radical (unpaired) electrons. The summed E-state index contributed by atoms with van der Waals surface area (Å²) in [4.78, 5) is -0.202. The van der Waals surface area contributed by atoms with E-state index in [4.69, 9.17) is 34.1 Å². The fourth-order valence-electron chi connectivity index (χ4n) is 3.04. The Kier molecular flexibility index (Phi) is 5.80. The summed E-state index contributed by atoms with van der Waals surface area (Å²) < 4.78 is 23.1. The summed E-state index contributed by atoms with van der Waals surface area (Å²) in [6, 6.07) is 16.4. The number of hydrogen-bond donors (Lipinski definition) is 3. The number of rotatable bonds is 3. The van der Waals surface area contributed by atoms with Crippen molar-refractivity contribution in [3.8, 4) is 22.3 Å². The molecule has 1 heterocycles. The molecule has 3 aromatic carbocycles. The molecule has 0 saturated carbocycles. The van der Waals surface area contributed by atoms with Crippen LogP contribution in [-0.4, -0.2) is 18.6 Å². The van der Waals surface area contributed by atoms with Crippen LogP contribution in [0.4, 0.5) is 5.82 Å². The van der Waals surface area contributed by atoms with Crippen molar-refractivity contribution in [2.75, 3.05) is 5.73 Å². The van der Waals surface area contributed by atoms with E-state index in [1.165, 1.54) is 6.07 Å². The van der Waals surface area contributed by atoms with Crippen LogP contribution in [0.1, 0.15) is 0 Å². The predicted octanol–water partition coefficient (Wildman–Crippen LogP) is 4.86. The van der Waals surface area contributed by atoms with Gasteiger partial charge in [-0.2, -0.15) is 5.10 Å². The molecule has 0 aliphatic rings. The first-order valence-electron chi connectivity index (χ1n) is 8.11. The van der Waals surface area contributed by atoms with Crippen molar-refractivity contribution >= 4 is 62.4 Å². The van der Waals surface area contributed by atoms with E-state index in [-0.39, 0.29) is 27.3 Å². The average Bonchev–Trinajstić information content (AvgIpc) is 3.03. The van der Waals surface area contributed by atoms with Crippen LogP contribution >= 0.6 is 35.6 Å². The number of primary sulfonamides is 1. The van der Waals surface area contributed by atoms with Crippen molar-refractivity contribution in [2.24, 2.45) is 5.14 Å². The van der Waals surface area contributed by atoms with Gasteiger partial charge in [0.05, 0.1) is 15.6 Å². The second-order valence-corrected chi connectivity index (χ2v) is 8.52. The molecule has 0 amide bonds. The van der Waals surface area contributed by atoms with Gasteiger partial charge in [0.25, 0.3) is 0 Å². The van der Waals surface area contributed by atoms with E-state index in [1.54, 1.807) is 6.07 Å². The minimum atomic E-state index is -3.95. The number of sulfonamides is 1. The summed E-state index contributed by atoms with van der Waals surface area (Å²) >= 11 is 12.4. The fourth-order valence-corrected chi connectivity index (χ4v) is 4.46. The zero-order valence-corrected chi connectivity index (χ0v) is 17.8. The molecule has 4 aromatic rings. The highest BCUT2D eigenvalue weighted by Crippen LogP contribution is 2.38. The molecule has 0 unspecified atom stereocenters. The first-order valence-corrected chi connectivity index (χ1v) is 10.4. The largest absolute Gasteiger partial charge is 0.382 e. The number of H-pyrrole nitrogens is 1. The number of nitrogens with one attached hydrogen (secondary N) is 1. The summed E-state index contributed by atoms with van der Waals surface area (Å²) in [5, 5.41) is 13.0. The molecular weight excluding hydrogens is 455 g/mol. The Labute approximate surface area is 183 Å². The van der Waals surface area contributed by atoms with Gasteiger partial charge in [0.2, 0.25) is 10.0 Å². The molecule has 5 N–H and O–H groups in total. The summed E-state index contributed by atoms with van der Waals surface area (Å²) in [5.74, 6) is 0.464. The fraction of sp³-hybridized carbons (Fsp3) is 0. The van der Waals surface area contributed by atoms with Crippen LogP contribution < -0.4 is 10.9 Å². The van der Waals surface area contributed by atoms with Crippen LogP contribution in [0, 0.1) is 0 Å². The third kappa shape index (κ3) is 3.92. The molecule has 6 nitrogen and oxygen atoms in total. The number of aromatic amines is 1. The highest BCUT2D eigenvalue weighted by Gasteiger charge is 2.18. The Bertz CT molecular complexity index is 1320. The van der Waals surface area contributed by atoms with E-state index in [1.807, 2.05) is 42.5 Å². The van der Waals surface area contributed by atoms with E-state index in [0.717, 1.165) is 27.6 Å². The Morgan fingerprint density at radius 2 is 1.48 bits per heavy atom. The van der Waals surface area contributed by atoms with Crippen molar-refractivity contribution < 1.29 is 8.42 Å². The number of anilines is 1. The van der Waals surface area contributed by atoms with Gasteiger partial charge < -0.3 is 5.73 Å². The second-order valence-electron chi connectivity index (χ2n) is 6.23. The molecule has 0 atom stereocenters. The summed E-state index contributed by atoms with van der Waals surface area (Å²) in [7, 11) is -3.95. The molecule has 0 aliphatic heterocycles. The number of halogens is 3. The molecule has 0 spiro atoms. The van der Waals surface area contributed by atoms with Crippen molar-refractivity contribution in [2.45, 2.75) is 4.90 Å². The molecule has 29 heavy (non-hydrogen) atoms. The summed E-state index contributed by atoms with van der Waals surface area (Å²) in [6.07, 6.45) is 0. The Morgan fingerprint density at radius 1 is 0.862 bits per heavy atom. The summed E-state index contributed by atoms with van der Waals surface area (Å²) in [6.45, 7) is 0. The third-order valence-electron chi connectivity index (χ3n) is 4.47. The van der Waals surface area contributed by atoms with Crippen LogP contribution in [-0.2, 0) is 10.0 Å². The normalized spacial score (nSPS) is 11.4. The number of nitrogen functional groups attached to an aromatic ring is 1. The molecule has 0 fully saturated rings. The number of hydrogen-bond acceptors (Lipinski definition) is 4. The van der Waals surface area contributed by atoms with E-state index >= 15 is 0 Å². The number of benzene rings is 3. The first kappa shape index (κ1) is 21.4. The lowest BCUT2D eigenvalue weighted by atomic mass is 9.99. The Morgan fingerprint density at radius 3 is 2.14 bits per heavy atom. The predicted molar refractivity (Wildman–Crippen MR) is 120 cm³/mol. The first-order chi connectivity index (χ1) is 13.3. The van der Waals surface area contributed by atoms with E-state index in [9.17, 15) is 8.42 Å². The molecule has 0 bridgehead atoms. The van der Waals surface area contributed by atoms with Crippen molar-refractivity contribution in [3.05, 3.63) is 64.6 Å². The molecule has 1 aromatic heterocycles. The molecule has 0 aliphatic carbocycles. The van der Waals surface area contributed by atoms with Gasteiger partial charge in [-0.1, -0.05) is 59.6 Å². The van der Waals surface area contributed by atoms with Crippen LogP contribution in [0.5, 0.6) is 0 Å². The minimum Gasteiger partial charge on any atom is -0.382 e. The maximum atomic E-state index is 11.6. The second kappa shape index (κ2) is 7.85. The maximum Gasteiger partial charge on any atom is 0.239 e.